The second-order valence-corrected chi connectivity index (χ2v) is 5.66. The number of rotatable bonds is 7. The van der Waals surface area contributed by atoms with Crippen LogP contribution in [0.4, 0.5) is 0 Å². The molecule has 0 fully saturated rings. The quantitative estimate of drug-likeness (QED) is 0.516. The summed E-state index contributed by atoms with van der Waals surface area (Å²) in [7, 11) is -4.43. The van der Waals surface area contributed by atoms with E-state index in [0.717, 1.165) is 0 Å². The number of carbonyl (C=O) groups excluding carboxylic acids is 2. The predicted octanol–water partition coefficient (Wildman–Crippen LogP) is -0.440. The molecule has 1 atom stereocenters. The number of hydrogen-bond donors (Lipinski definition) is 2. The van der Waals surface area contributed by atoms with Crippen molar-refractivity contribution in [1.82, 2.24) is 10.3 Å². The summed E-state index contributed by atoms with van der Waals surface area (Å²) in [6.45, 7) is 1.57. The molecule has 0 aliphatic carbocycles. The number of nitrogens with one attached hydrogen (secondary N) is 1. The van der Waals surface area contributed by atoms with E-state index < -0.39 is 33.8 Å². The zero-order valence-corrected chi connectivity index (χ0v) is 12.2. The van der Waals surface area contributed by atoms with Crippen LogP contribution in [0.2, 0.25) is 0 Å². The van der Waals surface area contributed by atoms with Crippen LogP contribution in [-0.4, -0.2) is 48.2 Å². The van der Waals surface area contributed by atoms with Gasteiger partial charge >= 0.3 is 5.97 Å². The van der Waals surface area contributed by atoms with Crippen LogP contribution in [0, 0.1) is 0 Å². The molecule has 0 radical (unpaired) electrons. The van der Waals surface area contributed by atoms with E-state index in [-0.39, 0.29) is 13.0 Å². The molecule has 1 amide bonds. The van der Waals surface area contributed by atoms with E-state index in [1.807, 2.05) is 0 Å². The summed E-state index contributed by atoms with van der Waals surface area (Å²) in [5.74, 6) is -2.44. The van der Waals surface area contributed by atoms with E-state index in [1.54, 1.807) is 25.3 Å². The van der Waals surface area contributed by atoms with Crippen molar-refractivity contribution in [2.75, 3.05) is 12.4 Å². The first kappa shape index (κ1) is 17.1. The molecule has 1 aromatic rings. The average molecular weight is 316 g/mol. The number of nitrogens with zero attached hydrogens (tertiary/aromatic N) is 1. The monoisotopic (exact) mass is 316 g/mol. The summed E-state index contributed by atoms with van der Waals surface area (Å²) < 4.78 is 35.2. The third kappa shape index (κ3) is 6.82. The van der Waals surface area contributed by atoms with Crippen LogP contribution < -0.4 is 5.32 Å². The lowest BCUT2D eigenvalue weighted by Crippen LogP contribution is -2.46. The van der Waals surface area contributed by atoms with Gasteiger partial charge in [0.25, 0.3) is 10.1 Å². The maximum atomic E-state index is 11.8. The molecule has 0 spiro atoms. The van der Waals surface area contributed by atoms with Crippen molar-refractivity contribution in [3.05, 3.63) is 30.1 Å². The van der Waals surface area contributed by atoms with Crippen molar-refractivity contribution in [2.24, 2.45) is 0 Å². The highest BCUT2D eigenvalue weighted by Gasteiger charge is 2.27. The molecule has 0 saturated heterocycles. The maximum absolute atomic E-state index is 11.8. The molecular weight excluding hydrogens is 300 g/mol. The van der Waals surface area contributed by atoms with E-state index in [0.29, 0.717) is 5.56 Å². The number of hydrogen-bond acceptors (Lipinski definition) is 6. The molecular formula is C12H16N2O6S. The Labute approximate surface area is 122 Å². The number of carbonyl (C=O) groups is 2. The van der Waals surface area contributed by atoms with Crippen molar-refractivity contribution >= 4 is 22.0 Å². The van der Waals surface area contributed by atoms with Crippen molar-refractivity contribution in [3.63, 3.8) is 0 Å². The lowest BCUT2D eigenvalue weighted by atomic mass is 10.2. The Hall–Kier alpha value is -2.00. The van der Waals surface area contributed by atoms with E-state index >= 15 is 0 Å². The van der Waals surface area contributed by atoms with E-state index in [9.17, 15) is 18.0 Å². The van der Waals surface area contributed by atoms with Crippen LogP contribution in [0.1, 0.15) is 12.5 Å². The molecule has 2 N–H and O–H groups in total. The van der Waals surface area contributed by atoms with Gasteiger partial charge in [-0.3, -0.25) is 14.3 Å². The summed E-state index contributed by atoms with van der Waals surface area (Å²) in [6.07, 6.45) is 2.94. The molecule has 1 heterocycles. The summed E-state index contributed by atoms with van der Waals surface area (Å²) in [5, 5.41) is 2.23. The standard InChI is InChI=1S/C12H16N2O6S/c1-2-20-12(16)10(8-21(17,18)19)14-11(15)6-9-4-3-5-13-7-9/h3-5,7,10H,2,6,8H2,1H3,(H,14,15)(H,17,18,19)/t10-/m0/s1. The van der Waals surface area contributed by atoms with Gasteiger partial charge in [-0.15, -0.1) is 0 Å². The summed E-state index contributed by atoms with van der Waals surface area (Å²) in [5.41, 5.74) is 0.601. The van der Waals surface area contributed by atoms with Gasteiger partial charge in [-0.05, 0) is 18.6 Å². The molecule has 21 heavy (non-hydrogen) atoms. The largest absolute Gasteiger partial charge is 0.464 e. The lowest BCUT2D eigenvalue weighted by Gasteiger charge is -2.15. The minimum absolute atomic E-state index is 0.0271. The first-order valence-corrected chi connectivity index (χ1v) is 7.73. The first-order valence-electron chi connectivity index (χ1n) is 6.12. The first-order chi connectivity index (χ1) is 9.81. The molecule has 0 aromatic carbocycles. The lowest BCUT2D eigenvalue weighted by molar-refractivity contribution is -0.146. The Bertz CT molecular complexity index is 587. The minimum Gasteiger partial charge on any atom is -0.464 e. The second kappa shape index (κ2) is 7.70. The SMILES string of the molecule is CCOC(=O)[C@H](CS(=O)(=O)O)NC(=O)Cc1cccnc1. The molecule has 0 saturated carbocycles. The van der Waals surface area contributed by atoms with E-state index in [1.165, 1.54) is 6.20 Å². The normalized spacial score (nSPS) is 12.5. The Balaban J connectivity index is 2.71. The van der Waals surface area contributed by atoms with Gasteiger partial charge in [-0.1, -0.05) is 6.07 Å². The fourth-order valence-electron chi connectivity index (χ4n) is 1.56. The van der Waals surface area contributed by atoms with Crippen molar-refractivity contribution in [2.45, 2.75) is 19.4 Å². The van der Waals surface area contributed by atoms with Gasteiger partial charge in [0.2, 0.25) is 5.91 Å². The maximum Gasteiger partial charge on any atom is 0.329 e. The fourth-order valence-corrected chi connectivity index (χ4v) is 2.20. The van der Waals surface area contributed by atoms with Gasteiger partial charge < -0.3 is 10.1 Å². The second-order valence-electron chi connectivity index (χ2n) is 4.16. The zero-order valence-electron chi connectivity index (χ0n) is 11.4. The van der Waals surface area contributed by atoms with Crippen molar-refractivity contribution in [3.8, 4) is 0 Å². The molecule has 116 valence electrons. The summed E-state index contributed by atoms with van der Waals surface area (Å²) >= 11 is 0. The molecule has 0 aliphatic rings. The smallest absolute Gasteiger partial charge is 0.329 e. The highest BCUT2D eigenvalue weighted by Crippen LogP contribution is 2.00. The third-order valence-electron chi connectivity index (χ3n) is 2.37. The zero-order chi connectivity index (χ0) is 15.9. The number of ether oxygens (including phenoxy) is 1. The Morgan fingerprint density at radius 1 is 1.48 bits per heavy atom. The number of amides is 1. The molecule has 1 rings (SSSR count). The Morgan fingerprint density at radius 2 is 2.19 bits per heavy atom. The van der Waals surface area contributed by atoms with Crippen molar-refractivity contribution in [1.29, 1.82) is 0 Å². The molecule has 0 aliphatic heterocycles. The van der Waals surface area contributed by atoms with Gasteiger partial charge in [0.1, 0.15) is 11.8 Å². The highest BCUT2D eigenvalue weighted by molar-refractivity contribution is 7.85. The van der Waals surface area contributed by atoms with Gasteiger partial charge in [0, 0.05) is 12.4 Å². The van der Waals surface area contributed by atoms with Crippen LogP contribution in [0.25, 0.3) is 0 Å². The van der Waals surface area contributed by atoms with Crippen LogP contribution in [-0.2, 0) is 30.9 Å². The van der Waals surface area contributed by atoms with Gasteiger partial charge in [0.15, 0.2) is 0 Å². The topological polar surface area (TPSA) is 123 Å². The molecule has 0 unspecified atom stereocenters. The summed E-state index contributed by atoms with van der Waals surface area (Å²) in [6, 6.07) is 1.85. The van der Waals surface area contributed by atoms with Crippen LogP contribution in [0.3, 0.4) is 0 Å². The Kier molecular flexibility index (Phi) is 6.25. The van der Waals surface area contributed by atoms with Gasteiger partial charge in [0.05, 0.1) is 13.0 Å². The van der Waals surface area contributed by atoms with Gasteiger partial charge in [-0.25, -0.2) is 4.79 Å². The Morgan fingerprint density at radius 3 is 2.71 bits per heavy atom. The number of pyridine rings is 1. The average Bonchev–Trinajstić information content (AvgIpc) is 2.37. The van der Waals surface area contributed by atoms with Crippen LogP contribution >= 0.6 is 0 Å². The molecule has 1 aromatic heterocycles. The minimum atomic E-state index is -4.43. The number of esters is 1. The molecule has 9 heteroatoms. The molecule has 8 nitrogen and oxygen atoms in total. The van der Waals surface area contributed by atoms with Gasteiger partial charge in [-0.2, -0.15) is 8.42 Å². The molecule has 0 bridgehead atoms. The van der Waals surface area contributed by atoms with Crippen LogP contribution in [0.15, 0.2) is 24.5 Å². The fraction of sp³-hybridized carbons (Fsp3) is 0.417. The van der Waals surface area contributed by atoms with Crippen molar-refractivity contribution < 1.29 is 27.3 Å². The highest BCUT2D eigenvalue weighted by atomic mass is 32.2. The predicted molar refractivity (Wildman–Crippen MR) is 72.9 cm³/mol. The number of aromatic nitrogens is 1. The summed E-state index contributed by atoms with van der Waals surface area (Å²) in [4.78, 5) is 27.2. The van der Waals surface area contributed by atoms with Crippen LogP contribution in [0.5, 0.6) is 0 Å². The van der Waals surface area contributed by atoms with E-state index in [2.05, 4.69) is 15.0 Å². The third-order valence-corrected chi connectivity index (χ3v) is 3.13. The van der Waals surface area contributed by atoms with E-state index in [4.69, 9.17) is 4.55 Å².